The summed E-state index contributed by atoms with van der Waals surface area (Å²) in [4.78, 5) is 24.1. The number of halogens is 1. The van der Waals surface area contributed by atoms with Crippen molar-refractivity contribution in [2.75, 3.05) is 0 Å². The molecule has 5 heteroatoms. The van der Waals surface area contributed by atoms with Crippen molar-refractivity contribution in [3.8, 4) is 11.5 Å². The van der Waals surface area contributed by atoms with E-state index in [4.69, 9.17) is 4.98 Å². The molecule has 0 saturated heterocycles. The van der Waals surface area contributed by atoms with Crippen LogP contribution < -0.4 is 5.56 Å². The van der Waals surface area contributed by atoms with Crippen molar-refractivity contribution in [1.82, 2.24) is 15.0 Å². The summed E-state index contributed by atoms with van der Waals surface area (Å²) in [5.41, 5.74) is 2.55. The summed E-state index contributed by atoms with van der Waals surface area (Å²) in [5, 5.41) is 0. The molecule has 104 valence electrons. The molecule has 1 N–H and O–H groups in total. The Morgan fingerprint density at radius 1 is 1.25 bits per heavy atom. The largest absolute Gasteiger partial charge is 0.304 e. The van der Waals surface area contributed by atoms with Crippen LogP contribution in [0, 0.1) is 10.5 Å². The summed E-state index contributed by atoms with van der Waals surface area (Å²) in [6.45, 7) is 1.94. The minimum Gasteiger partial charge on any atom is -0.304 e. The smallest absolute Gasteiger partial charge is 0.264 e. The summed E-state index contributed by atoms with van der Waals surface area (Å²) < 4.78 is 0.728. The van der Waals surface area contributed by atoms with Gasteiger partial charge in [-0.25, -0.2) is 9.97 Å². The first-order chi connectivity index (χ1) is 9.65. The molecule has 0 aromatic carbocycles. The second-order valence-corrected chi connectivity index (χ2v) is 6.34. The molecule has 1 saturated carbocycles. The maximum Gasteiger partial charge on any atom is 0.264 e. The van der Waals surface area contributed by atoms with Gasteiger partial charge in [-0.2, -0.15) is 0 Å². The quantitative estimate of drug-likeness (QED) is 0.812. The van der Waals surface area contributed by atoms with Gasteiger partial charge >= 0.3 is 0 Å². The molecule has 2 heterocycles. The van der Waals surface area contributed by atoms with Gasteiger partial charge in [0.2, 0.25) is 0 Å². The fourth-order valence-electron chi connectivity index (χ4n) is 2.74. The maximum absolute atomic E-state index is 12.1. The molecule has 2 aromatic rings. The monoisotopic (exact) mass is 381 g/mol. The van der Waals surface area contributed by atoms with Gasteiger partial charge in [-0.05, 0) is 54.5 Å². The zero-order valence-corrected chi connectivity index (χ0v) is 13.5. The Morgan fingerprint density at radius 3 is 2.70 bits per heavy atom. The van der Waals surface area contributed by atoms with E-state index in [-0.39, 0.29) is 5.56 Å². The minimum absolute atomic E-state index is 0.0548. The molecule has 0 aliphatic heterocycles. The number of hydrogen-bond donors (Lipinski definition) is 1. The topological polar surface area (TPSA) is 58.6 Å². The van der Waals surface area contributed by atoms with Gasteiger partial charge in [0.05, 0.1) is 5.69 Å². The number of rotatable bonds is 2. The Morgan fingerprint density at radius 2 is 2.00 bits per heavy atom. The third-order valence-corrected chi connectivity index (χ3v) is 4.80. The molecule has 3 rings (SSSR count). The first kappa shape index (κ1) is 13.7. The van der Waals surface area contributed by atoms with Crippen molar-refractivity contribution in [1.29, 1.82) is 0 Å². The fourth-order valence-corrected chi connectivity index (χ4v) is 3.44. The highest BCUT2D eigenvalue weighted by molar-refractivity contribution is 14.1. The fraction of sp³-hybridized carbons (Fsp3) is 0.400. The summed E-state index contributed by atoms with van der Waals surface area (Å²) in [7, 11) is 0. The van der Waals surface area contributed by atoms with Crippen LogP contribution in [0.4, 0.5) is 0 Å². The molecule has 1 fully saturated rings. The molecule has 0 amide bonds. The number of nitrogens with zero attached hydrogens (tertiary/aromatic N) is 2. The van der Waals surface area contributed by atoms with Gasteiger partial charge in [0.15, 0.2) is 5.82 Å². The predicted octanol–water partition coefficient (Wildman–Crippen LogP) is 3.40. The van der Waals surface area contributed by atoms with Crippen molar-refractivity contribution in [2.45, 2.75) is 38.5 Å². The molecule has 2 aromatic heterocycles. The summed E-state index contributed by atoms with van der Waals surface area (Å²) >= 11 is 2.11. The predicted molar refractivity (Wildman–Crippen MR) is 86.8 cm³/mol. The van der Waals surface area contributed by atoms with Crippen molar-refractivity contribution >= 4 is 22.6 Å². The second-order valence-electron chi connectivity index (χ2n) is 5.26. The average Bonchev–Trinajstić information content (AvgIpc) is 2.95. The van der Waals surface area contributed by atoms with Crippen molar-refractivity contribution in [3.63, 3.8) is 0 Å². The number of aromatic amines is 1. The van der Waals surface area contributed by atoms with Gasteiger partial charge in [-0.15, -0.1) is 0 Å². The van der Waals surface area contributed by atoms with E-state index in [1.165, 1.54) is 12.8 Å². The number of nitrogens with one attached hydrogen (secondary N) is 1. The SMILES string of the molecule is Cc1cccc(-c2nc(C3CCCC3)c(I)c(=O)[nH]2)n1. The second kappa shape index (κ2) is 5.63. The third-order valence-electron chi connectivity index (χ3n) is 3.76. The van der Waals surface area contributed by atoms with Crippen LogP contribution >= 0.6 is 22.6 Å². The van der Waals surface area contributed by atoms with Gasteiger partial charge in [-0.3, -0.25) is 4.79 Å². The summed E-state index contributed by atoms with van der Waals surface area (Å²) in [6, 6.07) is 5.76. The van der Waals surface area contributed by atoms with Crippen LogP contribution in [0.1, 0.15) is 43.0 Å². The van der Waals surface area contributed by atoms with E-state index in [1.807, 2.05) is 25.1 Å². The zero-order chi connectivity index (χ0) is 14.1. The van der Waals surface area contributed by atoms with Crippen molar-refractivity contribution in [3.05, 3.63) is 43.5 Å². The van der Waals surface area contributed by atoms with Crippen LogP contribution in [0.25, 0.3) is 11.5 Å². The number of hydrogen-bond acceptors (Lipinski definition) is 3. The van der Waals surface area contributed by atoms with E-state index in [1.54, 1.807) is 0 Å². The molecule has 0 bridgehead atoms. The van der Waals surface area contributed by atoms with E-state index in [0.717, 1.165) is 33.5 Å². The highest BCUT2D eigenvalue weighted by atomic mass is 127. The van der Waals surface area contributed by atoms with Crippen LogP contribution in [-0.4, -0.2) is 15.0 Å². The Hall–Kier alpha value is -1.24. The Bertz CT molecular complexity index is 690. The molecule has 0 radical (unpaired) electrons. The summed E-state index contributed by atoms with van der Waals surface area (Å²) in [6.07, 6.45) is 4.72. The van der Waals surface area contributed by atoms with Crippen LogP contribution in [0.15, 0.2) is 23.0 Å². The molecule has 1 aliphatic rings. The highest BCUT2D eigenvalue weighted by Crippen LogP contribution is 2.34. The Kier molecular flexibility index (Phi) is 3.87. The number of H-pyrrole nitrogens is 1. The zero-order valence-electron chi connectivity index (χ0n) is 11.3. The Labute approximate surface area is 131 Å². The lowest BCUT2D eigenvalue weighted by atomic mass is 10.0. The lowest BCUT2D eigenvalue weighted by Crippen LogP contribution is -2.18. The molecule has 0 unspecified atom stereocenters. The normalized spacial score (nSPS) is 15.7. The molecule has 0 spiro atoms. The van der Waals surface area contributed by atoms with Crippen LogP contribution in [-0.2, 0) is 0 Å². The van der Waals surface area contributed by atoms with E-state index in [9.17, 15) is 4.79 Å². The Balaban J connectivity index is 2.11. The number of pyridine rings is 1. The number of aryl methyl sites for hydroxylation is 1. The van der Waals surface area contributed by atoms with Gasteiger partial charge in [0.25, 0.3) is 5.56 Å². The van der Waals surface area contributed by atoms with Crippen LogP contribution in [0.3, 0.4) is 0 Å². The highest BCUT2D eigenvalue weighted by Gasteiger charge is 2.23. The maximum atomic E-state index is 12.1. The van der Waals surface area contributed by atoms with Gasteiger partial charge < -0.3 is 4.98 Å². The van der Waals surface area contributed by atoms with Gasteiger partial charge in [0.1, 0.15) is 9.26 Å². The minimum atomic E-state index is -0.0548. The van der Waals surface area contributed by atoms with E-state index >= 15 is 0 Å². The molecule has 4 nitrogen and oxygen atoms in total. The van der Waals surface area contributed by atoms with Crippen LogP contribution in [0.5, 0.6) is 0 Å². The van der Waals surface area contributed by atoms with Crippen molar-refractivity contribution in [2.24, 2.45) is 0 Å². The number of aromatic nitrogens is 3. The lowest BCUT2D eigenvalue weighted by molar-refractivity contribution is 0.687. The lowest BCUT2D eigenvalue weighted by Gasteiger charge is -2.12. The molecular weight excluding hydrogens is 365 g/mol. The average molecular weight is 381 g/mol. The first-order valence-corrected chi connectivity index (χ1v) is 7.97. The molecule has 20 heavy (non-hydrogen) atoms. The molecule has 1 aliphatic carbocycles. The van der Waals surface area contributed by atoms with Gasteiger partial charge in [-0.1, -0.05) is 18.9 Å². The van der Waals surface area contributed by atoms with Crippen LogP contribution in [0.2, 0.25) is 0 Å². The van der Waals surface area contributed by atoms with E-state index < -0.39 is 0 Å². The van der Waals surface area contributed by atoms with Gasteiger partial charge in [0, 0.05) is 11.6 Å². The van der Waals surface area contributed by atoms with Crippen molar-refractivity contribution < 1.29 is 0 Å². The van der Waals surface area contributed by atoms with E-state index in [0.29, 0.717) is 11.7 Å². The van der Waals surface area contributed by atoms with E-state index in [2.05, 4.69) is 32.6 Å². The molecular formula is C15H16IN3O. The first-order valence-electron chi connectivity index (χ1n) is 6.89. The molecule has 0 atom stereocenters. The standard InChI is InChI=1S/C15H16IN3O/c1-9-5-4-8-11(17-9)14-18-13(10-6-2-3-7-10)12(16)15(20)19-14/h4-5,8,10H,2-3,6-7H2,1H3,(H,18,19,20). The third kappa shape index (κ3) is 2.63. The summed E-state index contributed by atoms with van der Waals surface area (Å²) in [5.74, 6) is 1.01.